The number of anilines is 3. The molecule has 1 saturated heterocycles. The number of hydrogen-bond acceptors (Lipinski definition) is 8. The summed E-state index contributed by atoms with van der Waals surface area (Å²) in [5, 5.41) is 20.4. The second kappa shape index (κ2) is 8.25. The van der Waals surface area contributed by atoms with Crippen LogP contribution in [0.5, 0.6) is 0 Å². The number of nitrogens with zero attached hydrogens (tertiary/aromatic N) is 6. The van der Waals surface area contributed by atoms with Gasteiger partial charge in [-0.3, -0.25) is 0 Å². The van der Waals surface area contributed by atoms with Crippen LogP contribution in [0.25, 0.3) is 11.4 Å². The molecule has 0 amide bonds. The molecular formula is C21H26F3N9. The standard InChI is InChI=1S/C21H26F3N9/c1-20(2)8-12(9-21(3,4)30-20)26-17-15(23)10-25-19(28-17)27-11-6-13(16(24)14(22)7-11)18-29-31-32-33(18)5/h6-7,10,12,30H,8-9H2,1-5H3,(H2,25,26,27,28). The quantitative estimate of drug-likeness (QED) is 0.530. The monoisotopic (exact) mass is 461 g/mol. The third kappa shape index (κ3) is 5.05. The smallest absolute Gasteiger partial charge is 0.229 e. The maximum absolute atomic E-state index is 14.5. The zero-order valence-corrected chi connectivity index (χ0v) is 19.0. The van der Waals surface area contributed by atoms with Crippen LogP contribution in [0, 0.1) is 17.5 Å². The lowest BCUT2D eigenvalue weighted by atomic mass is 9.79. The number of rotatable bonds is 5. The number of aromatic nitrogens is 6. The summed E-state index contributed by atoms with van der Waals surface area (Å²) < 4.78 is 44.3. The lowest BCUT2D eigenvalue weighted by Crippen LogP contribution is -2.60. The Bertz CT molecular complexity index is 1160. The lowest BCUT2D eigenvalue weighted by Gasteiger charge is -2.46. The van der Waals surface area contributed by atoms with E-state index in [0.717, 1.165) is 25.1 Å². The Labute approximate surface area is 189 Å². The molecule has 9 nitrogen and oxygen atoms in total. The van der Waals surface area contributed by atoms with Crippen LogP contribution >= 0.6 is 0 Å². The number of aryl methyl sites for hydroxylation is 1. The SMILES string of the molecule is Cn1nnnc1-c1cc(Nc2ncc(F)c(NC3CC(C)(C)NC(C)(C)C3)n2)cc(F)c1F. The van der Waals surface area contributed by atoms with Crippen LogP contribution in [0.1, 0.15) is 40.5 Å². The van der Waals surface area contributed by atoms with Gasteiger partial charge in [0.15, 0.2) is 29.1 Å². The summed E-state index contributed by atoms with van der Waals surface area (Å²) in [5.74, 6) is -2.68. The van der Waals surface area contributed by atoms with Gasteiger partial charge in [0.2, 0.25) is 5.95 Å². The van der Waals surface area contributed by atoms with Crippen molar-refractivity contribution in [1.82, 2.24) is 35.5 Å². The molecule has 1 fully saturated rings. The van der Waals surface area contributed by atoms with E-state index in [9.17, 15) is 13.2 Å². The van der Waals surface area contributed by atoms with Gasteiger partial charge in [0.05, 0.1) is 11.8 Å². The predicted molar refractivity (Wildman–Crippen MR) is 117 cm³/mol. The van der Waals surface area contributed by atoms with Crippen LogP contribution < -0.4 is 16.0 Å². The van der Waals surface area contributed by atoms with Crippen molar-refractivity contribution in [3.8, 4) is 11.4 Å². The van der Waals surface area contributed by atoms with Gasteiger partial charge in [0, 0.05) is 35.9 Å². The Morgan fingerprint density at radius 1 is 1.06 bits per heavy atom. The first-order valence-corrected chi connectivity index (χ1v) is 10.5. The van der Waals surface area contributed by atoms with Crippen LogP contribution in [-0.4, -0.2) is 47.3 Å². The van der Waals surface area contributed by atoms with E-state index in [1.807, 2.05) is 0 Å². The maximum atomic E-state index is 14.5. The zero-order chi connectivity index (χ0) is 24.0. The summed E-state index contributed by atoms with van der Waals surface area (Å²) in [4.78, 5) is 8.16. The summed E-state index contributed by atoms with van der Waals surface area (Å²) in [7, 11) is 1.51. The largest absolute Gasteiger partial charge is 0.365 e. The van der Waals surface area contributed by atoms with Crippen LogP contribution in [0.4, 0.5) is 30.6 Å². The first-order chi connectivity index (χ1) is 15.4. The van der Waals surface area contributed by atoms with Crippen LogP contribution in [-0.2, 0) is 7.05 Å². The molecular weight excluding hydrogens is 435 g/mol. The summed E-state index contributed by atoms with van der Waals surface area (Å²) in [5.41, 5.74) is -0.250. The van der Waals surface area contributed by atoms with Crippen molar-refractivity contribution < 1.29 is 13.2 Å². The van der Waals surface area contributed by atoms with Gasteiger partial charge in [-0.15, -0.1) is 5.10 Å². The predicted octanol–water partition coefficient (Wildman–Crippen LogP) is 3.55. The molecule has 0 radical (unpaired) electrons. The topological polar surface area (TPSA) is 105 Å². The van der Waals surface area contributed by atoms with Crippen LogP contribution in [0.2, 0.25) is 0 Å². The van der Waals surface area contributed by atoms with Gasteiger partial charge in [-0.05, 0) is 57.0 Å². The highest BCUT2D eigenvalue weighted by atomic mass is 19.2. The maximum Gasteiger partial charge on any atom is 0.229 e. The highest BCUT2D eigenvalue weighted by Crippen LogP contribution is 2.31. The van der Waals surface area contributed by atoms with Gasteiger partial charge >= 0.3 is 0 Å². The molecule has 0 unspecified atom stereocenters. The molecule has 2 aromatic heterocycles. The van der Waals surface area contributed by atoms with Crippen LogP contribution in [0.15, 0.2) is 18.3 Å². The molecule has 4 rings (SSSR count). The van der Waals surface area contributed by atoms with E-state index < -0.39 is 17.5 Å². The highest BCUT2D eigenvalue weighted by molar-refractivity contribution is 5.66. The number of benzene rings is 1. The zero-order valence-electron chi connectivity index (χ0n) is 19.0. The van der Waals surface area contributed by atoms with Crippen LogP contribution in [0.3, 0.4) is 0 Å². The van der Waals surface area contributed by atoms with E-state index in [2.05, 4.69) is 69.1 Å². The molecule has 33 heavy (non-hydrogen) atoms. The van der Waals surface area contributed by atoms with E-state index in [4.69, 9.17) is 0 Å². The number of halogens is 3. The second-order valence-corrected chi connectivity index (χ2v) is 9.60. The summed E-state index contributed by atoms with van der Waals surface area (Å²) >= 11 is 0. The highest BCUT2D eigenvalue weighted by Gasteiger charge is 2.38. The normalized spacial score (nSPS) is 17.7. The Balaban J connectivity index is 1.59. The van der Waals surface area contributed by atoms with E-state index in [0.29, 0.717) is 0 Å². The Hall–Kier alpha value is -3.28. The number of nitrogens with one attached hydrogen (secondary N) is 3. The summed E-state index contributed by atoms with van der Waals surface area (Å²) in [6, 6.07) is 2.27. The summed E-state index contributed by atoms with van der Waals surface area (Å²) in [6.07, 6.45) is 2.56. The molecule has 0 bridgehead atoms. The van der Waals surface area contributed by atoms with Gasteiger partial charge in [0.1, 0.15) is 0 Å². The second-order valence-electron chi connectivity index (χ2n) is 9.60. The molecule has 0 aliphatic carbocycles. The summed E-state index contributed by atoms with van der Waals surface area (Å²) in [6.45, 7) is 8.39. The van der Waals surface area contributed by atoms with E-state index in [1.54, 1.807) is 0 Å². The molecule has 12 heteroatoms. The molecule has 1 aromatic carbocycles. The van der Waals surface area contributed by atoms with Crippen molar-refractivity contribution in [3.63, 3.8) is 0 Å². The van der Waals surface area contributed by atoms with Crippen molar-refractivity contribution in [2.45, 2.75) is 57.7 Å². The fraction of sp³-hybridized carbons (Fsp3) is 0.476. The molecule has 3 heterocycles. The molecule has 3 aromatic rings. The average Bonchev–Trinajstić information content (AvgIpc) is 3.10. The molecule has 1 aliphatic heterocycles. The van der Waals surface area contributed by atoms with E-state index >= 15 is 0 Å². The van der Waals surface area contributed by atoms with Gasteiger partial charge in [-0.2, -0.15) is 4.98 Å². The number of tetrazole rings is 1. The Morgan fingerprint density at radius 2 is 1.76 bits per heavy atom. The van der Waals surface area contributed by atoms with Crippen molar-refractivity contribution >= 4 is 17.5 Å². The minimum absolute atomic E-state index is 0.0215. The average molecular weight is 461 g/mol. The Kier molecular flexibility index (Phi) is 5.72. The lowest BCUT2D eigenvalue weighted by molar-refractivity contribution is 0.170. The van der Waals surface area contributed by atoms with Crippen molar-refractivity contribution in [3.05, 3.63) is 35.8 Å². The fourth-order valence-electron chi connectivity index (χ4n) is 4.56. The third-order valence-corrected chi connectivity index (χ3v) is 5.42. The molecule has 1 aliphatic rings. The third-order valence-electron chi connectivity index (χ3n) is 5.42. The minimum Gasteiger partial charge on any atom is -0.365 e. The molecule has 176 valence electrons. The number of hydrogen-bond donors (Lipinski definition) is 3. The molecule has 0 atom stereocenters. The fourth-order valence-corrected chi connectivity index (χ4v) is 4.56. The molecule has 0 spiro atoms. The molecule has 0 saturated carbocycles. The first kappa shape index (κ1) is 22.9. The van der Waals surface area contributed by atoms with E-state index in [1.165, 1.54) is 17.8 Å². The van der Waals surface area contributed by atoms with Gasteiger partial charge in [-0.1, -0.05) is 0 Å². The van der Waals surface area contributed by atoms with Gasteiger partial charge < -0.3 is 16.0 Å². The van der Waals surface area contributed by atoms with Crippen molar-refractivity contribution in [2.24, 2.45) is 7.05 Å². The first-order valence-electron chi connectivity index (χ1n) is 10.5. The minimum atomic E-state index is -1.10. The molecule has 3 N–H and O–H groups in total. The van der Waals surface area contributed by atoms with Crippen molar-refractivity contribution in [1.29, 1.82) is 0 Å². The number of piperidine rings is 1. The van der Waals surface area contributed by atoms with Gasteiger partial charge in [0.25, 0.3) is 0 Å². The van der Waals surface area contributed by atoms with E-state index in [-0.39, 0.29) is 46.0 Å². The Morgan fingerprint density at radius 3 is 2.39 bits per heavy atom. The van der Waals surface area contributed by atoms with Crippen molar-refractivity contribution in [2.75, 3.05) is 10.6 Å². The van der Waals surface area contributed by atoms with Gasteiger partial charge in [-0.25, -0.2) is 22.8 Å².